The van der Waals surface area contributed by atoms with Gasteiger partial charge in [-0.3, -0.25) is 14.2 Å². The molecular formula is C24H22N4O3S. The molecule has 1 heterocycles. The number of aryl methyl sites for hydroxylation is 1. The van der Waals surface area contributed by atoms with Gasteiger partial charge in [0, 0.05) is 23.6 Å². The van der Waals surface area contributed by atoms with Crippen LogP contribution in [0.5, 0.6) is 0 Å². The fourth-order valence-corrected chi connectivity index (χ4v) is 4.30. The second-order valence-electron chi connectivity index (χ2n) is 7.30. The van der Waals surface area contributed by atoms with Gasteiger partial charge in [0.15, 0.2) is 0 Å². The molecule has 7 nitrogen and oxygen atoms in total. The molecule has 0 aliphatic heterocycles. The first kappa shape index (κ1) is 21.3. The van der Waals surface area contributed by atoms with Gasteiger partial charge in [0.25, 0.3) is 15.9 Å². The van der Waals surface area contributed by atoms with Crippen LogP contribution in [-0.2, 0) is 16.6 Å². The highest BCUT2D eigenvalue weighted by Gasteiger charge is 2.15. The molecule has 2 N–H and O–H groups in total. The summed E-state index contributed by atoms with van der Waals surface area (Å²) in [5.74, 6) is -0.281. The third-order valence-electron chi connectivity index (χ3n) is 4.91. The Bertz CT molecular complexity index is 1320. The minimum Gasteiger partial charge on any atom is -0.322 e. The minimum absolute atomic E-state index is 0.170. The van der Waals surface area contributed by atoms with Crippen molar-refractivity contribution in [1.29, 1.82) is 0 Å². The first-order valence-corrected chi connectivity index (χ1v) is 11.5. The number of aromatic nitrogens is 2. The molecule has 32 heavy (non-hydrogen) atoms. The average molecular weight is 447 g/mol. The van der Waals surface area contributed by atoms with E-state index in [0.29, 0.717) is 23.5 Å². The molecule has 0 aliphatic carbocycles. The zero-order valence-corrected chi connectivity index (χ0v) is 18.2. The van der Waals surface area contributed by atoms with Gasteiger partial charge in [-0.1, -0.05) is 36.4 Å². The highest BCUT2D eigenvalue weighted by Crippen LogP contribution is 2.24. The Morgan fingerprint density at radius 2 is 1.72 bits per heavy atom. The molecule has 0 aliphatic rings. The number of sulfonamides is 1. The van der Waals surface area contributed by atoms with Crippen molar-refractivity contribution in [3.63, 3.8) is 0 Å². The minimum atomic E-state index is -3.73. The second kappa shape index (κ2) is 9.07. The quantitative estimate of drug-likeness (QED) is 0.443. The second-order valence-corrected chi connectivity index (χ2v) is 8.99. The van der Waals surface area contributed by atoms with Gasteiger partial charge in [-0.25, -0.2) is 8.42 Å². The van der Waals surface area contributed by atoms with Crippen LogP contribution in [0.4, 0.5) is 11.4 Å². The lowest BCUT2D eigenvalue weighted by Gasteiger charge is -2.13. The van der Waals surface area contributed by atoms with Crippen LogP contribution in [0.25, 0.3) is 0 Å². The highest BCUT2D eigenvalue weighted by molar-refractivity contribution is 7.92. The fraction of sp³-hybridized carbons (Fsp3) is 0.0833. The van der Waals surface area contributed by atoms with Crippen LogP contribution in [0.2, 0.25) is 0 Å². The molecule has 0 spiro atoms. The predicted molar refractivity (Wildman–Crippen MR) is 124 cm³/mol. The SMILES string of the molecule is Cc1ccc(NC(=O)c2ccc(Cn3cccn3)cc2)cc1NS(=O)(=O)c1ccccc1. The van der Waals surface area contributed by atoms with Crippen LogP contribution in [-0.4, -0.2) is 24.1 Å². The van der Waals surface area contributed by atoms with Crippen molar-refractivity contribution in [2.24, 2.45) is 0 Å². The van der Waals surface area contributed by atoms with Crippen LogP contribution in [0.1, 0.15) is 21.5 Å². The van der Waals surface area contributed by atoms with Gasteiger partial charge >= 0.3 is 0 Å². The van der Waals surface area contributed by atoms with E-state index in [2.05, 4.69) is 15.1 Å². The molecule has 0 fully saturated rings. The lowest BCUT2D eigenvalue weighted by atomic mass is 10.1. The number of rotatable bonds is 7. The third-order valence-corrected chi connectivity index (χ3v) is 6.29. The van der Waals surface area contributed by atoms with E-state index in [0.717, 1.165) is 11.1 Å². The Kier molecular flexibility index (Phi) is 6.04. The first-order valence-electron chi connectivity index (χ1n) is 9.97. The standard InChI is InChI=1S/C24H22N4O3S/c1-18-8-13-21(16-23(18)27-32(30,31)22-6-3-2-4-7-22)26-24(29)20-11-9-19(10-12-20)17-28-15-5-14-25-28/h2-16,27H,17H2,1H3,(H,26,29). The summed E-state index contributed by atoms with van der Waals surface area (Å²) in [7, 11) is -3.73. The van der Waals surface area contributed by atoms with Gasteiger partial charge in [0.05, 0.1) is 17.1 Å². The number of carbonyl (C=O) groups is 1. The van der Waals surface area contributed by atoms with Crippen molar-refractivity contribution in [2.45, 2.75) is 18.4 Å². The molecule has 3 aromatic carbocycles. The number of hydrogen-bond donors (Lipinski definition) is 2. The van der Waals surface area contributed by atoms with E-state index in [9.17, 15) is 13.2 Å². The topological polar surface area (TPSA) is 93.1 Å². The maximum atomic E-state index is 12.7. The zero-order valence-electron chi connectivity index (χ0n) is 17.4. The van der Waals surface area contributed by atoms with Crippen molar-refractivity contribution in [1.82, 2.24) is 9.78 Å². The van der Waals surface area contributed by atoms with Crippen molar-refractivity contribution >= 4 is 27.3 Å². The Hall–Kier alpha value is -3.91. The van der Waals surface area contributed by atoms with Gasteiger partial charge in [-0.2, -0.15) is 5.10 Å². The van der Waals surface area contributed by atoms with E-state index >= 15 is 0 Å². The Morgan fingerprint density at radius 3 is 2.41 bits per heavy atom. The van der Waals surface area contributed by atoms with E-state index in [1.165, 1.54) is 12.1 Å². The Morgan fingerprint density at radius 1 is 0.969 bits per heavy atom. The molecule has 0 saturated heterocycles. The van der Waals surface area contributed by atoms with Crippen molar-refractivity contribution < 1.29 is 13.2 Å². The molecule has 162 valence electrons. The van der Waals surface area contributed by atoms with Crippen molar-refractivity contribution in [3.05, 3.63) is 108 Å². The zero-order chi connectivity index (χ0) is 22.6. The maximum absolute atomic E-state index is 12.7. The number of carbonyl (C=O) groups excluding carboxylic acids is 1. The lowest BCUT2D eigenvalue weighted by molar-refractivity contribution is 0.102. The molecule has 0 bridgehead atoms. The summed E-state index contributed by atoms with van der Waals surface area (Å²) >= 11 is 0. The number of nitrogens with zero attached hydrogens (tertiary/aromatic N) is 2. The molecule has 4 aromatic rings. The van der Waals surface area contributed by atoms with E-state index in [4.69, 9.17) is 0 Å². The lowest BCUT2D eigenvalue weighted by Crippen LogP contribution is -2.15. The Balaban J connectivity index is 1.47. The van der Waals surface area contributed by atoms with Gasteiger partial charge < -0.3 is 5.32 Å². The highest BCUT2D eigenvalue weighted by atomic mass is 32.2. The summed E-state index contributed by atoms with van der Waals surface area (Å²) in [6, 6.07) is 22.4. The van der Waals surface area contributed by atoms with E-state index in [1.54, 1.807) is 66.3 Å². The molecular weight excluding hydrogens is 424 g/mol. The third kappa shape index (κ3) is 5.04. The van der Waals surface area contributed by atoms with Gasteiger partial charge in [-0.15, -0.1) is 0 Å². The van der Waals surface area contributed by atoms with Gasteiger partial charge in [0.1, 0.15) is 0 Å². The van der Waals surface area contributed by atoms with Crippen LogP contribution in [0, 0.1) is 6.92 Å². The maximum Gasteiger partial charge on any atom is 0.261 e. The number of benzene rings is 3. The number of amides is 1. The Labute approximate surface area is 186 Å². The largest absolute Gasteiger partial charge is 0.322 e. The molecule has 0 saturated carbocycles. The number of hydrogen-bond acceptors (Lipinski definition) is 4. The monoisotopic (exact) mass is 446 g/mol. The number of nitrogens with one attached hydrogen (secondary N) is 2. The normalized spacial score (nSPS) is 11.2. The summed E-state index contributed by atoms with van der Waals surface area (Å²) in [6.07, 6.45) is 3.60. The van der Waals surface area contributed by atoms with Crippen LogP contribution in [0.3, 0.4) is 0 Å². The van der Waals surface area contributed by atoms with Gasteiger partial charge in [-0.05, 0) is 60.5 Å². The van der Waals surface area contributed by atoms with Gasteiger partial charge in [0.2, 0.25) is 0 Å². The molecule has 8 heteroatoms. The summed E-state index contributed by atoms with van der Waals surface area (Å²) in [5.41, 5.74) is 3.16. The fourth-order valence-electron chi connectivity index (χ4n) is 3.16. The van der Waals surface area contributed by atoms with E-state index in [-0.39, 0.29) is 10.8 Å². The van der Waals surface area contributed by atoms with Crippen LogP contribution < -0.4 is 10.0 Å². The molecule has 1 aromatic heterocycles. The summed E-state index contributed by atoms with van der Waals surface area (Å²) in [5, 5.41) is 7.00. The van der Waals surface area contributed by atoms with Crippen molar-refractivity contribution in [2.75, 3.05) is 10.0 Å². The summed E-state index contributed by atoms with van der Waals surface area (Å²) in [6.45, 7) is 2.42. The van der Waals surface area contributed by atoms with Crippen LogP contribution >= 0.6 is 0 Å². The van der Waals surface area contributed by atoms with Crippen LogP contribution in [0.15, 0.2) is 96.2 Å². The molecule has 0 unspecified atom stereocenters. The predicted octanol–water partition coefficient (Wildman–Crippen LogP) is 4.29. The molecule has 1 amide bonds. The smallest absolute Gasteiger partial charge is 0.261 e. The van der Waals surface area contributed by atoms with Crippen molar-refractivity contribution in [3.8, 4) is 0 Å². The molecule has 4 rings (SSSR count). The molecule has 0 radical (unpaired) electrons. The van der Waals surface area contributed by atoms with E-state index < -0.39 is 10.0 Å². The van der Waals surface area contributed by atoms with E-state index in [1.807, 2.05) is 24.4 Å². The average Bonchev–Trinajstić information content (AvgIpc) is 3.30. The summed E-state index contributed by atoms with van der Waals surface area (Å²) in [4.78, 5) is 12.8. The summed E-state index contributed by atoms with van der Waals surface area (Å²) < 4.78 is 29.7. The first-order chi connectivity index (χ1) is 15.4. The molecule has 0 atom stereocenters. The number of anilines is 2.